The lowest BCUT2D eigenvalue weighted by Gasteiger charge is -2.05. The fourth-order valence-electron chi connectivity index (χ4n) is 2.77. The van der Waals surface area contributed by atoms with Crippen LogP contribution in [0.5, 0.6) is 0 Å². The Kier molecular flexibility index (Phi) is 5.08. The van der Waals surface area contributed by atoms with Crippen molar-refractivity contribution in [2.24, 2.45) is 14.1 Å². The monoisotopic (exact) mass is 389 g/mol. The van der Waals surface area contributed by atoms with E-state index in [0.29, 0.717) is 17.8 Å². The Morgan fingerprint density at radius 2 is 1.93 bits per heavy atom. The molecule has 9 nitrogen and oxygen atoms in total. The van der Waals surface area contributed by atoms with E-state index in [0.717, 1.165) is 9.44 Å². The van der Waals surface area contributed by atoms with E-state index in [2.05, 4.69) is 10.3 Å². The number of carbonyl (C=O) groups is 2. The number of amides is 1. The van der Waals surface area contributed by atoms with Crippen LogP contribution in [0.3, 0.4) is 0 Å². The third-order valence-corrected chi connectivity index (χ3v) is 5.40. The molecule has 1 amide bonds. The average Bonchev–Trinajstić information content (AvgIpc) is 3.25. The number of hydrogen-bond acceptors (Lipinski definition) is 6. The molecule has 0 bridgehead atoms. The molecule has 0 spiro atoms. The van der Waals surface area contributed by atoms with Crippen molar-refractivity contribution >= 4 is 34.2 Å². The van der Waals surface area contributed by atoms with Crippen molar-refractivity contribution in [2.75, 3.05) is 6.54 Å². The lowest BCUT2D eigenvalue weighted by molar-refractivity contribution is -0.118. The van der Waals surface area contributed by atoms with Crippen LogP contribution in [0.2, 0.25) is 0 Å². The van der Waals surface area contributed by atoms with Crippen LogP contribution in [-0.2, 0) is 31.9 Å². The first-order chi connectivity index (χ1) is 12.8. The molecular formula is C17H19N5O4S. The third-order valence-electron chi connectivity index (χ3n) is 4.21. The quantitative estimate of drug-likeness (QED) is 0.600. The number of imidazole rings is 1. The summed E-state index contributed by atoms with van der Waals surface area (Å²) in [5, 5.41) is 2.72. The average molecular weight is 389 g/mol. The smallest absolute Gasteiger partial charge is 0.332 e. The van der Waals surface area contributed by atoms with Crippen LogP contribution in [0.15, 0.2) is 28.0 Å². The molecule has 27 heavy (non-hydrogen) atoms. The predicted molar refractivity (Wildman–Crippen MR) is 101 cm³/mol. The highest BCUT2D eigenvalue weighted by molar-refractivity contribution is 7.14. The minimum absolute atomic E-state index is 0.0460. The van der Waals surface area contributed by atoms with Crippen molar-refractivity contribution in [1.82, 2.24) is 24.0 Å². The van der Waals surface area contributed by atoms with Gasteiger partial charge in [-0.3, -0.25) is 23.5 Å². The number of rotatable bonds is 6. The van der Waals surface area contributed by atoms with Crippen LogP contribution in [0.4, 0.5) is 0 Å². The van der Waals surface area contributed by atoms with Gasteiger partial charge in [0.2, 0.25) is 5.91 Å². The Morgan fingerprint density at radius 3 is 2.63 bits per heavy atom. The van der Waals surface area contributed by atoms with Gasteiger partial charge < -0.3 is 9.88 Å². The number of aryl methyl sites for hydroxylation is 1. The summed E-state index contributed by atoms with van der Waals surface area (Å²) in [5.74, 6) is -0.244. The van der Waals surface area contributed by atoms with Crippen LogP contribution in [0, 0.1) is 0 Å². The molecular weight excluding hydrogens is 370 g/mol. The van der Waals surface area contributed by atoms with E-state index in [4.69, 9.17) is 0 Å². The predicted octanol–water partition coefficient (Wildman–Crippen LogP) is 0.0567. The zero-order valence-corrected chi connectivity index (χ0v) is 16.0. The standard InChI is InChI=1S/C17H19N5O4S/c1-10(23)18-7-6-11-4-5-13(27-11)12(24)8-22-9-19-15-14(22)16(25)21(3)17(26)20(15)2/h4-5,9H,6-8H2,1-3H3,(H,18,23). The molecule has 0 atom stereocenters. The lowest BCUT2D eigenvalue weighted by atomic mass is 10.3. The molecule has 0 radical (unpaired) electrons. The van der Waals surface area contributed by atoms with E-state index in [1.54, 1.807) is 6.07 Å². The molecule has 0 aromatic carbocycles. The molecule has 0 aliphatic rings. The number of hydrogen-bond donors (Lipinski definition) is 1. The third kappa shape index (κ3) is 3.61. The summed E-state index contributed by atoms with van der Waals surface area (Å²) in [6.07, 6.45) is 2.04. The molecule has 0 saturated carbocycles. The Bertz CT molecular complexity index is 1150. The van der Waals surface area contributed by atoms with Crippen molar-refractivity contribution in [1.29, 1.82) is 0 Å². The first-order valence-corrected chi connectivity index (χ1v) is 9.08. The van der Waals surface area contributed by atoms with E-state index in [1.807, 2.05) is 6.07 Å². The molecule has 142 valence electrons. The van der Waals surface area contributed by atoms with Crippen molar-refractivity contribution < 1.29 is 9.59 Å². The van der Waals surface area contributed by atoms with Crippen LogP contribution in [0.1, 0.15) is 21.5 Å². The summed E-state index contributed by atoms with van der Waals surface area (Å²) in [5.41, 5.74) is -0.486. The first kappa shape index (κ1) is 18.8. The Hall–Kier alpha value is -3.01. The molecule has 3 heterocycles. The maximum atomic E-state index is 12.6. The molecule has 1 N–H and O–H groups in total. The highest BCUT2D eigenvalue weighted by atomic mass is 32.1. The van der Waals surface area contributed by atoms with E-state index < -0.39 is 11.2 Å². The Morgan fingerprint density at radius 1 is 1.19 bits per heavy atom. The molecule has 0 unspecified atom stereocenters. The normalized spacial score (nSPS) is 11.1. The lowest BCUT2D eigenvalue weighted by Crippen LogP contribution is -2.37. The Balaban J connectivity index is 1.83. The van der Waals surface area contributed by atoms with E-state index >= 15 is 0 Å². The first-order valence-electron chi connectivity index (χ1n) is 8.26. The van der Waals surface area contributed by atoms with Gasteiger partial charge in [0.25, 0.3) is 5.56 Å². The summed E-state index contributed by atoms with van der Waals surface area (Å²) < 4.78 is 3.75. The number of thiophene rings is 1. The summed E-state index contributed by atoms with van der Waals surface area (Å²) >= 11 is 1.36. The Labute approximate surface area is 157 Å². The second-order valence-corrected chi connectivity index (χ2v) is 7.34. The number of Topliss-reactive ketones (excluding diaryl/α,β-unsaturated/α-hetero) is 1. The highest BCUT2D eigenvalue weighted by Crippen LogP contribution is 2.18. The van der Waals surface area contributed by atoms with Crippen molar-refractivity contribution in [3.8, 4) is 0 Å². The molecule has 3 aromatic rings. The molecule has 0 aliphatic carbocycles. The van der Waals surface area contributed by atoms with Crippen LogP contribution < -0.4 is 16.6 Å². The summed E-state index contributed by atoms with van der Waals surface area (Å²) in [6, 6.07) is 3.59. The number of ketones is 1. The fourth-order valence-corrected chi connectivity index (χ4v) is 3.71. The van der Waals surface area contributed by atoms with Crippen LogP contribution >= 0.6 is 11.3 Å². The van der Waals surface area contributed by atoms with Gasteiger partial charge in [0.1, 0.15) is 0 Å². The van der Waals surface area contributed by atoms with Gasteiger partial charge in [-0.1, -0.05) is 0 Å². The van der Waals surface area contributed by atoms with Crippen molar-refractivity contribution in [2.45, 2.75) is 19.9 Å². The minimum Gasteiger partial charge on any atom is -0.356 e. The summed E-state index contributed by atoms with van der Waals surface area (Å²) in [6.45, 7) is 1.92. The number of aromatic nitrogens is 4. The maximum Gasteiger partial charge on any atom is 0.332 e. The van der Waals surface area contributed by atoms with Gasteiger partial charge in [-0.15, -0.1) is 11.3 Å². The van der Waals surface area contributed by atoms with Gasteiger partial charge in [0.05, 0.1) is 17.7 Å². The highest BCUT2D eigenvalue weighted by Gasteiger charge is 2.17. The zero-order valence-electron chi connectivity index (χ0n) is 15.2. The largest absolute Gasteiger partial charge is 0.356 e. The van der Waals surface area contributed by atoms with E-state index in [1.165, 1.54) is 47.8 Å². The number of fused-ring (bicyclic) bond motifs is 1. The van der Waals surface area contributed by atoms with Crippen LogP contribution in [-0.4, -0.2) is 36.9 Å². The molecule has 3 aromatic heterocycles. The van der Waals surface area contributed by atoms with E-state index in [-0.39, 0.29) is 29.4 Å². The van der Waals surface area contributed by atoms with Crippen LogP contribution in [0.25, 0.3) is 11.2 Å². The molecule has 0 saturated heterocycles. The van der Waals surface area contributed by atoms with Gasteiger partial charge in [-0.05, 0) is 18.6 Å². The molecule has 3 rings (SSSR count). The summed E-state index contributed by atoms with van der Waals surface area (Å²) in [4.78, 5) is 53.6. The van der Waals surface area contributed by atoms with Gasteiger partial charge >= 0.3 is 5.69 Å². The van der Waals surface area contributed by atoms with Gasteiger partial charge in [0.15, 0.2) is 16.9 Å². The minimum atomic E-state index is -0.486. The second kappa shape index (κ2) is 7.31. The number of nitrogens with one attached hydrogen (secondary N) is 1. The van der Waals surface area contributed by atoms with Gasteiger partial charge in [-0.25, -0.2) is 9.78 Å². The number of carbonyl (C=O) groups excluding carboxylic acids is 2. The van der Waals surface area contributed by atoms with Gasteiger partial charge in [0, 0.05) is 32.4 Å². The van der Waals surface area contributed by atoms with Gasteiger partial charge in [-0.2, -0.15) is 0 Å². The fraction of sp³-hybridized carbons (Fsp3) is 0.353. The molecule has 0 fully saturated rings. The topological polar surface area (TPSA) is 108 Å². The number of nitrogens with zero attached hydrogens (tertiary/aromatic N) is 4. The second-order valence-electron chi connectivity index (χ2n) is 6.17. The summed E-state index contributed by atoms with van der Waals surface area (Å²) in [7, 11) is 2.92. The molecule has 10 heteroatoms. The zero-order chi connectivity index (χ0) is 19.7. The van der Waals surface area contributed by atoms with E-state index in [9.17, 15) is 19.2 Å². The molecule has 0 aliphatic heterocycles. The SMILES string of the molecule is CC(=O)NCCc1ccc(C(=O)Cn2cnc3c2c(=O)n(C)c(=O)n3C)s1. The van der Waals surface area contributed by atoms with Crippen molar-refractivity contribution in [3.05, 3.63) is 49.1 Å². The van der Waals surface area contributed by atoms with Crippen molar-refractivity contribution in [3.63, 3.8) is 0 Å². The maximum absolute atomic E-state index is 12.6.